The van der Waals surface area contributed by atoms with Crippen LogP contribution in [0.4, 0.5) is 4.79 Å². The van der Waals surface area contributed by atoms with Crippen molar-refractivity contribution in [2.24, 2.45) is 0 Å². The van der Waals surface area contributed by atoms with E-state index in [-0.39, 0.29) is 12.2 Å². The Morgan fingerprint density at radius 2 is 2.25 bits per heavy atom. The lowest BCUT2D eigenvalue weighted by Crippen LogP contribution is -2.46. The van der Waals surface area contributed by atoms with Crippen molar-refractivity contribution in [1.29, 1.82) is 0 Å². The minimum absolute atomic E-state index is 0.0614. The molecule has 1 fully saturated rings. The van der Waals surface area contributed by atoms with Crippen molar-refractivity contribution in [3.8, 4) is 0 Å². The third kappa shape index (κ3) is 5.32. The first-order chi connectivity index (χ1) is 7.37. The van der Waals surface area contributed by atoms with Gasteiger partial charge in [-0.05, 0) is 27.8 Å². The molecule has 5 nitrogen and oxygen atoms in total. The molecule has 1 N–H and O–H groups in total. The first kappa shape index (κ1) is 13.3. The van der Waals surface area contributed by atoms with Crippen LogP contribution >= 0.6 is 0 Å². The molecule has 0 bridgehead atoms. The second-order valence-electron chi connectivity index (χ2n) is 5.14. The van der Waals surface area contributed by atoms with Crippen LogP contribution in [0.1, 0.15) is 20.8 Å². The van der Waals surface area contributed by atoms with E-state index in [9.17, 15) is 4.79 Å². The molecule has 0 aromatic heterocycles. The fourth-order valence-electron chi connectivity index (χ4n) is 1.50. The van der Waals surface area contributed by atoms with Crippen LogP contribution in [0.25, 0.3) is 0 Å². The molecule has 0 aromatic carbocycles. The first-order valence-electron chi connectivity index (χ1n) is 5.64. The van der Waals surface area contributed by atoms with Gasteiger partial charge in [-0.25, -0.2) is 4.79 Å². The van der Waals surface area contributed by atoms with Crippen molar-refractivity contribution in [2.75, 3.05) is 33.3 Å². The maximum Gasteiger partial charge on any atom is 0.407 e. The molecule has 0 saturated carbocycles. The van der Waals surface area contributed by atoms with Gasteiger partial charge in [0, 0.05) is 19.6 Å². The highest BCUT2D eigenvalue weighted by molar-refractivity contribution is 5.67. The number of likely N-dealkylation sites (N-methyl/N-ethyl adjacent to an activating group) is 1. The van der Waals surface area contributed by atoms with E-state index in [0.717, 1.165) is 19.7 Å². The quantitative estimate of drug-likeness (QED) is 0.764. The van der Waals surface area contributed by atoms with E-state index >= 15 is 0 Å². The number of alkyl carbamates (subject to hydrolysis) is 1. The highest BCUT2D eigenvalue weighted by atomic mass is 16.6. The molecule has 1 saturated heterocycles. The Labute approximate surface area is 97.1 Å². The van der Waals surface area contributed by atoms with Gasteiger partial charge in [-0.3, -0.25) is 0 Å². The van der Waals surface area contributed by atoms with Gasteiger partial charge in [0.25, 0.3) is 0 Å². The number of hydrogen-bond acceptors (Lipinski definition) is 4. The van der Waals surface area contributed by atoms with Gasteiger partial charge >= 0.3 is 6.09 Å². The molecular formula is C11H22N2O3. The van der Waals surface area contributed by atoms with Crippen LogP contribution < -0.4 is 5.32 Å². The van der Waals surface area contributed by atoms with Crippen molar-refractivity contribution < 1.29 is 14.3 Å². The molecule has 0 aromatic rings. The number of carbonyl (C=O) groups excluding carboxylic acids is 1. The summed E-state index contributed by atoms with van der Waals surface area (Å²) < 4.78 is 10.7. The van der Waals surface area contributed by atoms with Gasteiger partial charge in [0.1, 0.15) is 5.60 Å². The Bertz CT molecular complexity index is 238. The van der Waals surface area contributed by atoms with Crippen LogP contribution in [0.15, 0.2) is 0 Å². The topological polar surface area (TPSA) is 50.8 Å². The molecule has 1 aliphatic heterocycles. The summed E-state index contributed by atoms with van der Waals surface area (Å²) in [5.74, 6) is 0. The normalized spacial score (nSPS) is 22.9. The molecule has 1 heterocycles. The fraction of sp³-hybridized carbons (Fsp3) is 0.909. The number of amides is 1. The highest BCUT2D eigenvalue weighted by Gasteiger charge is 2.20. The van der Waals surface area contributed by atoms with Gasteiger partial charge in [-0.2, -0.15) is 0 Å². The summed E-state index contributed by atoms with van der Waals surface area (Å²) in [6, 6.07) is 0. The van der Waals surface area contributed by atoms with E-state index in [4.69, 9.17) is 9.47 Å². The van der Waals surface area contributed by atoms with Crippen LogP contribution in [-0.2, 0) is 9.47 Å². The number of nitrogens with zero attached hydrogens (tertiary/aromatic N) is 1. The number of hydrogen-bond donors (Lipinski definition) is 1. The molecule has 0 radical (unpaired) electrons. The van der Waals surface area contributed by atoms with E-state index in [1.165, 1.54) is 0 Å². The van der Waals surface area contributed by atoms with Crippen LogP contribution in [-0.4, -0.2) is 56.0 Å². The molecule has 1 atom stereocenters. The summed E-state index contributed by atoms with van der Waals surface area (Å²) in [4.78, 5) is 13.6. The van der Waals surface area contributed by atoms with Crippen molar-refractivity contribution >= 4 is 6.09 Å². The van der Waals surface area contributed by atoms with E-state index in [1.54, 1.807) is 0 Å². The lowest BCUT2D eigenvalue weighted by Gasteiger charge is -2.30. The molecule has 1 rings (SSSR count). The zero-order valence-electron chi connectivity index (χ0n) is 10.6. The van der Waals surface area contributed by atoms with Gasteiger partial charge in [0.15, 0.2) is 0 Å². The number of ether oxygens (including phenoxy) is 2. The Morgan fingerprint density at radius 3 is 2.81 bits per heavy atom. The summed E-state index contributed by atoms with van der Waals surface area (Å²) in [7, 11) is 2.04. The van der Waals surface area contributed by atoms with Gasteiger partial charge in [-0.1, -0.05) is 0 Å². The Kier molecular flexibility index (Phi) is 4.56. The molecule has 1 amide bonds. The van der Waals surface area contributed by atoms with Gasteiger partial charge < -0.3 is 19.7 Å². The lowest BCUT2D eigenvalue weighted by atomic mass is 10.2. The minimum Gasteiger partial charge on any atom is -0.444 e. The summed E-state index contributed by atoms with van der Waals surface area (Å²) in [6.45, 7) is 8.54. The SMILES string of the molecule is CN1CCOC(CNC(=O)OC(C)(C)C)C1. The second kappa shape index (κ2) is 5.50. The van der Waals surface area contributed by atoms with Crippen molar-refractivity contribution in [3.63, 3.8) is 0 Å². The second-order valence-corrected chi connectivity index (χ2v) is 5.14. The molecule has 5 heteroatoms. The first-order valence-corrected chi connectivity index (χ1v) is 5.64. The van der Waals surface area contributed by atoms with Crippen LogP contribution in [0.5, 0.6) is 0 Å². The van der Waals surface area contributed by atoms with Gasteiger partial charge in [0.2, 0.25) is 0 Å². The molecule has 0 aliphatic carbocycles. The van der Waals surface area contributed by atoms with Crippen molar-refractivity contribution in [3.05, 3.63) is 0 Å². The molecule has 1 aliphatic rings. The Balaban J connectivity index is 2.21. The van der Waals surface area contributed by atoms with E-state index in [1.807, 2.05) is 27.8 Å². The number of carbonyl (C=O) groups is 1. The highest BCUT2D eigenvalue weighted by Crippen LogP contribution is 2.07. The zero-order chi connectivity index (χ0) is 12.2. The molecule has 94 valence electrons. The summed E-state index contributed by atoms with van der Waals surface area (Å²) in [6.07, 6.45) is -0.324. The van der Waals surface area contributed by atoms with Crippen LogP contribution in [0.2, 0.25) is 0 Å². The van der Waals surface area contributed by atoms with E-state index < -0.39 is 5.60 Å². The van der Waals surface area contributed by atoms with Crippen molar-refractivity contribution in [2.45, 2.75) is 32.5 Å². The molecule has 0 spiro atoms. The third-order valence-corrected chi connectivity index (χ3v) is 2.21. The standard InChI is InChI=1S/C11H22N2O3/c1-11(2,3)16-10(14)12-7-9-8-13(4)5-6-15-9/h9H,5-8H2,1-4H3,(H,12,14). The number of morpholine rings is 1. The number of rotatable bonds is 2. The van der Waals surface area contributed by atoms with Gasteiger partial charge in [-0.15, -0.1) is 0 Å². The minimum atomic E-state index is -0.450. The predicted octanol–water partition coefficient (Wildman–Crippen LogP) is 0.842. The monoisotopic (exact) mass is 230 g/mol. The van der Waals surface area contributed by atoms with Gasteiger partial charge in [0.05, 0.1) is 12.7 Å². The summed E-state index contributed by atoms with van der Waals surface area (Å²) in [5, 5.41) is 2.72. The maximum absolute atomic E-state index is 11.4. The van der Waals surface area contributed by atoms with Crippen LogP contribution in [0.3, 0.4) is 0 Å². The van der Waals surface area contributed by atoms with E-state index in [2.05, 4.69) is 10.2 Å². The van der Waals surface area contributed by atoms with Crippen molar-refractivity contribution in [1.82, 2.24) is 10.2 Å². The summed E-state index contributed by atoms with van der Waals surface area (Å²) >= 11 is 0. The Morgan fingerprint density at radius 1 is 1.56 bits per heavy atom. The maximum atomic E-state index is 11.4. The molecule has 1 unspecified atom stereocenters. The van der Waals surface area contributed by atoms with E-state index in [0.29, 0.717) is 6.54 Å². The molecule has 16 heavy (non-hydrogen) atoms. The Hall–Kier alpha value is -0.810. The average Bonchev–Trinajstić information content (AvgIpc) is 2.12. The largest absolute Gasteiger partial charge is 0.444 e. The predicted molar refractivity (Wildman–Crippen MR) is 61.5 cm³/mol. The fourth-order valence-corrected chi connectivity index (χ4v) is 1.50. The smallest absolute Gasteiger partial charge is 0.407 e. The number of nitrogens with one attached hydrogen (secondary N) is 1. The van der Waals surface area contributed by atoms with Crippen LogP contribution in [0, 0.1) is 0 Å². The zero-order valence-corrected chi connectivity index (χ0v) is 10.6. The summed E-state index contributed by atoms with van der Waals surface area (Å²) in [5.41, 5.74) is -0.450. The molecular weight excluding hydrogens is 208 g/mol. The third-order valence-electron chi connectivity index (χ3n) is 2.21. The lowest BCUT2D eigenvalue weighted by molar-refractivity contribution is -0.0201. The average molecular weight is 230 g/mol.